The lowest BCUT2D eigenvalue weighted by molar-refractivity contribution is 0.0728. The van der Waals surface area contributed by atoms with Crippen molar-refractivity contribution in [2.24, 2.45) is 7.05 Å². The van der Waals surface area contributed by atoms with Gasteiger partial charge in [0.15, 0.2) is 0 Å². The molecule has 1 amide bonds. The largest absolute Gasteiger partial charge is 0.336 e. The summed E-state index contributed by atoms with van der Waals surface area (Å²) in [6.45, 7) is 0.692. The van der Waals surface area contributed by atoms with E-state index < -0.39 is 0 Å². The highest BCUT2D eigenvalue weighted by Crippen LogP contribution is 2.32. The van der Waals surface area contributed by atoms with Crippen LogP contribution in [0.4, 0.5) is 4.39 Å². The SMILES string of the molecule is Cn1ccnc1C1CCCN1C(=O)c1cnc2ccc(F)cc2c1. The van der Waals surface area contributed by atoms with E-state index in [-0.39, 0.29) is 17.8 Å². The van der Waals surface area contributed by atoms with Crippen LogP contribution in [0.3, 0.4) is 0 Å². The number of imidazole rings is 1. The molecule has 1 fully saturated rings. The third-order valence-electron chi connectivity index (χ3n) is 4.56. The molecular weight excluding hydrogens is 307 g/mol. The van der Waals surface area contributed by atoms with E-state index >= 15 is 0 Å². The lowest BCUT2D eigenvalue weighted by Gasteiger charge is -2.24. The van der Waals surface area contributed by atoms with Crippen molar-refractivity contribution in [1.82, 2.24) is 19.4 Å². The number of pyridine rings is 1. The van der Waals surface area contributed by atoms with E-state index in [0.29, 0.717) is 23.0 Å². The highest BCUT2D eigenvalue weighted by atomic mass is 19.1. The van der Waals surface area contributed by atoms with Crippen molar-refractivity contribution in [3.63, 3.8) is 0 Å². The number of nitrogens with zero attached hydrogens (tertiary/aromatic N) is 4. The molecule has 0 N–H and O–H groups in total. The normalized spacial score (nSPS) is 17.6. The van der Waals surface area contributed by atoms with Crippen LogP contribution in [0.25, 0.3) is 10.9 Å². The second-order valence-electron chi connectivity index (χ2n) is 6.11. The average molecular weight is 324 g/mol. The fourth-order valence-electron chi connectivity index (χ4n) is 3.36. The van der Waals surface area contributed by atoms with Gasteiger partial charge >= 0.3 is 0 Å². The van der Waals surface area contributed by atoms with Gasteiger partial charge in [-0.15, -0.1) is 0 Å². The number of hydrogen-bond acceptors (Lipinski definition) is 3. The van der Waals surface area contributed by atoms with E-state index in [1.165, 1.54) is 12.1 Å². The lowest BCUT2D eigenvalue weighted by atomic mass is 10.1. The van der Waals surface area contributed by atoms with Gasteiger partial charge in [0.25, 0.3) is 5.91 Å². The minimum Gasteiger partial charge on any atom is -0.336 e. The first kappa shape index (κ1) is 14.8. The Bertz CT molecular complexity index is 920. The Morgan fingerprint density at radius 3 is 2.96 bits per heavy atom. The molecule has 3 heterocycles. The fourth-order valence-corrected chi connectivity index (χ4v) is 3.36. The van der Waals surface area contributed by atoms with Crippen LogP contribution >= 0.6 is 0 Å². The fraction of sp³-hybridized carbons (Fsp3) is 0.278. The first-order chi connectivity index (χ1) is 11.6. The summed E-state index contributed by atoms with van der Waals surface area (Å²) in [4.78, 5) is 23.5. The van der Waals surface area contributed by atoms with Crippen LogP contribution in [0.1, 0.15) is 35.1 Å². The van der Waals surface area contributed by atoms with Gasteiger partial charge in [-0.25, -0.2) is 9.37 Å². The summed E-state index contributed by atoms with van der Waals surface area (Å²) in [6.07, 6.45) is 7.04. The molecular formula is C18H17FN4O. The minimum absolute atomic E-state index is 0.0271. The van der Waals surface area contributed by atoms with Crippen LogP contribution in [0, 0.1) is 5.82 Å². The van der Waals surface area contributed by atoms with Crippen LogP contribution < -0.4 is 0 Å². The highest BCUT2D eigenvalue weighted by Gasteiger charge is 2.33. The molecule has 5 nitrogen and oxygen atoms in total. The smallest absolute Gasteiger partial charge is 0.256 e. The van der Waals surface area contributed by atoms with Gasteiger partial charge in [-0.3, -0.25) is 9.78 Å². The van der Waals surface area contributed by atoms with Gasteiger partial charge in [0.1, 0.15) is 11.6 Å². The summed E-state index contributed by atoms with van der Waals surface area (Å²) < 4.78 is 15.4. The van der Waals surface area contributed by atoms with Crippen molar-refractivity contribution in [1.29, 1.82) is 0 Å². The van der Waals surface area contributed by atoms with E-state index in [1.54, 1.807) is 24.5 Å². The molecule has 1 aliphatic rings. The van der Waals surface area contributed by atoms with Gasteiger partial charge in [0.05, 0.1) is 17.1 Å². The Hall–Kier alpha value is -2.76. The van der Waals surface area contributed by atoms with E-state index in [1.807, 2.05) is 22.7 Å². The monoisotopic (exact) mass is 324 g/mol. The third-order valence-corrected chi connectivity index (χ3v) is 4.56. The zero-order valence-electron chi connectivity index (χ0n) is 13.3. The van der Waals surface area contributed by atoms with Crippen molar-refractivity contribution >= 4 is 16.8 Å². The third kappa shape index (κ3) is 2.44. The maximum atomic E-state index is 13.4. The number of aromatic nitrogens is 3. The second kappa shape index (κ2) is 5.70. The predicted octanol–water partition coefficient (Wildman–Crippen LogP) is 3.08. The minimum atomic E-state index is -0.332. The number of carbonyl (C=O) groups excluding carboxylic acids is 1. The molecule has 0 spiro atoms. The lowest BCUT2D eigenvalue weighted by Crippen LogP contribution is -2.31. The number of amides is 1. The summed E-state index contributed by atoms with van der Waals surface area (Å²) in [7, 11) is 1.93. The molecule has 122 valence electrons. The molecule has 1 atom stereocenters. The van der Waals surface area contributed by atoms with Crippen LogP contribution in [-0.4, -0.2) is 31.9 Å². The Kier molecular flexibility index (Phi) is 3.52. The van der Waals surface area contributed by atoms with Crippen molar-refractivity contribution < 1.29 is 9.18 Å². The van der Waals surface area contributed by atoms with E-state index in [2.05, 4.69) is 9.97 Å². The molecule has 1 aliphatic heterocycles. The molecule has 4 rings (SSSR count). The molecule has 1 aromatic carbocycles. The zero-order valence-corrected chi connectivity index (χ0v) is 13.3. The van der Waals surface area contributed by atoms with E-state index in [0.717, 1.165) is 18.7 Å². The molecule has 0 bridgehead atoms. The predicted molar refractivity (Wildman–Crippen MR) is 87.9 cm³/mol. The van der Waals surface area contributed by atoms with Crippen molar-refractivity contribution in [3.8, 4) is 0 Å². The number of hydrogen-bond donors (Lipinski definition) is 0. The highest BCUT2D eigenvalue weighted by molar-refractivity contribution is 5.97. The van der Waals surface area contributed by atoms with Crippen LogP contribution in [-0.2, 0) is 7.05 Å². The van der Waals surface area contributed by atoms with Crippen molar-refractivity contribution in [3.05, 3.63) is 60.1 Å². The summed E-state index contributed by atoms with van der Waals surface area (Å²) in [6, 6.07) is 6.07. The number of carbonyl (C=O) groups is 1. The Labute approximate surface area is 138 Å². The molecule has 0 radical (unpaired) electrons. The second-order valence-corrected chi connectivity index (χ2v) is 6.11. The Balaban J connectivity index is 1.68. The first-order valence-electron chi connectivity index (χ1n) is 7.97. The van der Waals surface area contributed by atoms with Crippen molar-refractivity contribution in [2.45, 2.75) is 18.9 Å². The van der Waals surface area contributed by atoms with Gasteiger partial charge in [-0.2, -0.15) is 0 Å². The van der Waals surface area contributed by atoms with E-state index in [4.69, 9.17) is 0 Å². The summed E-state index contributed by atoms with van der Waals surface area (Å²) >= 11 is 0. The summed E-state index contributed by atoms with van der Waals surface area (Å²) in [5, 5.41) is 0.633. The quantitative estimate of drug-likeness (QED) is 0.728. The van der Waals surface area contributed by atoms with Crippen LogP contribution in [0.5, 0.6) is 0 Å². The van der Waals surface area contributed by atoms with Gasteiger partial charge in [0, 0.05) is 37.6 Å². The summed E-state index contributed by atoms with van der Waals surface area (Å²) in [5.41, 5.74) is 1.16. The number of rotatable bonds is 2. The number of likely N-dealkylation sites (tertiary alicyclic amines) is 1. The maximum Gasteiger partial charge on any atom is 0.256 e. The molecule has 0 saturated carbocycles. The van der Waals surface area contributed by atoms with Crippen LogP contribution in [0.2, 0.25) is 0 Å². The van der Waals surface area contributed by atoms with Crippen LogP contribution in [0.15, 0.2) is 42.9 Å². The topological polar surface area (TPSA) is 51.0 Å². The zero-order chi connectivity index (χ0) is 16.7. The number of aryl methyl sites for hydroxylation is 1. The average Bonchev–Trinajstić information content (AvgIpc) is 3.21. The summed E-state index contributed by atoms with van der Waals surface area (Å²) in [5.74, 6) is 0.473. The molecule has 0 aliphatic carbocycles. The Morgan fingerprint density at radius 1 is 1.29 bits per heavy atom. The van der Waals surface area contributed by atoms with Gasteiger partial charge < -0.3 is 9.47 Å². The molecule has 2 aromatic heterocycles. The first-order valence-corrected chi connectivity index (χ1v) is 7.97. The number of halogens is 1. The van der Waals surface area contributed by atoms with Gasteiger partial charge in [-0.1, -0.05) is 0 Å². The maximum absolute atomic E-state index is 13.4. The molecule has 3 aromatic rings. The number of fused-ring (bicyclic) bond motifs is 1. The van der Waals surface area contributed by atoms with Gasteiger partial charge in [-0.05, 0) is 37.1 Å². The molecule has 24 heavy (non-hydrogen) atoms. The Morgan fingerprint density at radius 2 is 2.17 bits per heavy atom. The molecule has 6 heteroatoms. The standard InChI is InChI=1S/C18H17FN4O/c1-22-8-6-20-17(22)16-3-2-7-23(16)18(24)13-9-12-10-14(19)4-5-15(12)21-11-13/h4-6,8-11,16H,2-3,7H2,1H3. The van der Waals surface area contributed by atoms with Crippen molar-refractivity contribution in [2.75, 3.05) is 6.54 Å². The molecule has 1 saturated heterocycles. The van der Waals surface area contributed by atoms with Gasteiger partial charge in [0.2, 0.25) is 0 Å². The number of benzene rings is 1. The molecule has 1 unspecified atom stereocenters. The van der Waals surface area contributed by atoms with E-state index in [9.17, 15) is 9.18 Å².